The molecule has 1 aliphatic heterocycles. The van der Waals surface area contributed by atoms with Crippen LogP contribution in [-0.2, 0) is 19.6 Å². The van der Waals surface area contributed by atoms with Crippen LogP contribution in [-0.4, -0.2) is 67.6 Å². The Morgan fingerprint density at radius 3 is 2.32 bits per heavy atom. The van der Waals surface area contributed by atoms with Crippen molar-refractivity contribution in [3.05, 3.63) is 28.7 Å². The van der Waals surface area contributed by atoms with Crippen molar-refractivity contribution in [2.75, 3.05) is 26.7 Å². The number of carbonyl (C=O) groups excluding carboxylic acids is 1. The molecule has 1 aromatic rings. The number of amides is 1. The number of halogens is 1. The standard InChI is InChI=1S/C15H19BrN2O6S/c1-24-14(19)10-18(12-6-8-17(9-7-12)15(20)21)25(22,23)13-4-2-11(16)3-5-13/h2-5,12H,6-10H2,1H3,(H,20,21). The summed E-state index contributed by atoms with van der Waals surface area (Å²) in [5.41, 5.74) is 0. The molecule has 0 aromatic heterocycles. The number of methoxy groups -OCH3 is 1. The number of esters is 1. The maximum Gasteiger partial charge on any atom is 0.407 e. The predicted octanol–water partition coefficient (Wildman–Crippen LogP) is 1.76. The molecule has 1 aromatic carbocycles. The summed E-state index contributed by atoms with van der Waals surface area (Å²) >= 11 is 3.25. The Balaban J connectivity index is 2.28. The summed E-state index contributed by atoms with van der Waals surface area (Å²) in [5, 5.41) is 9.03. The zero-order chi connectivity index (χ0) is 18.6. The van der Waals surface area contributed by atoms with Crippen LogP contribution in [0.25, 0.3) is 0 Å². The fourth-order valence-electron chi connectivity index (χ4n) is 2.69. The summed E-state index contributed by atoms with van der Waals surface area (Å²) < 4.78 is 32.4. The number of carboxylic acid groups (broad SMARTS) is 1. The monoisotopic (exact) mass is 434 g/mol. The summed E-state index contributed by atoms with van der Waals surface area (Å²) in [5.74, 6) is -0.665. The molecule has 0 atom stereocenters. The Morgan fingerprint density at radius 1 is 1.28 bits per heavy atom. The van der Waals surface area contributed by atoms with Crippen molar-refractivity contribution in [1.29, 1.82) is 0 Å². The Labute approximate surface area is 154 Å². The van der Waals surface area contributed by atoms with Crippen LogP contribution in [0.15, 0.2) is 33.6 Å². The van der Waals surface area contributed by atoms with Crippen molar-refractivity contribution in [2.24, 2.45) is 0 Å². The lowest BCUT2D eigenvalue weighted by atomic mass is 10.1. The molecule has 0 spiro atoms. The summed E-state index contributed by atoms with van der Waals surface area (Å²) in [4.78, 5) is 24.1. The van der Waals surface area contributed by atoms with Gasteiger partial charge in [0.25, 0.3) is 0 Å². The van der Waals surface area contributed by atoms with Gasteiger partial charge in [-0.15, -0.1) is 0 Å². The molecule has 1 aliphatic rings. The normalized spacial score (nSPS) is 16.0. The highest BCUT2D eigenvalue weighted by Gasteiger charge is 2.36. The van der Waals surface area contributed by atoms with E-state index in [0.29, 0.717) is 12.8 Å². The van der Waals surface area contributed by atoms with E-state index in [-0.39, 0.29) is 18.0 Å². The minimum atomic E-state index is -3.91. The Morgan fingerprint density at radius 2 is 1.84 bits per heavy atom. The van der Waals surface area contributed by atoms with Gasteiger partial charge >= 0.3 is 12.1 Å². The van der Waals surface area contributed by atoms with E-state index in [1.54, 1.807) is 12.1 Å². The minimum Gasteiger partial charge on any atom is -0.468 e. The second-order valence-corrected chi connectivity index (χ2v) is 8.39. The van der Waals surface area contributed by atoms with Crippen LogP contribution >= 0.6 is 15.9 Å². The van der Waals surface area contributed by atoms with E-state index in [9.17, 15) is 18.0 Å². The van der Waals surface area contributed by atoms with Crippen molar-refractivity contribution in [2.45, 2.75) is 23.8 Å². The van der Waals surface area contributed by atoms with Crippen LogP contribution in [0, 0.1) is 0 Å². The zero-order valence-corrected chi connectivity index (χ0v) is 16.0. The number of piperidine rings is 1. The first-order valence-corrected chi connectivity index (χ1v) is 9.81. The van der Waals surface area contributed by atoms with Crippen LogP contribution in [0.5, 0.6) is 0 Å². The van der Waals surface area contributed by atoms with E-state index in [2.05, 4.69) is 20.7 Å². The molecule has 0 aliphatic carbocycles. The highest BCUT2D eigenvalue weighted by Crippen LogP contribution is 2.25. The average Bonchev–Trinajstić information content (AvgIpc) is 2.59. The molecule has 25 heavy (non-hydrogen) atoms. The Bertz CT molecular complexity index is 729. The topological polar surface area (TPSA) is 104 Å². The third-order valence-electron chi connectivity index (χ3n) is 4.08. The molecule has 10 heteroatoms. The second-order valence-electron chi connectivity index (χ2n) is 5.58. The van der Waals surface area contributed by atoms with Crippen molar-refractivity contribution >= 4 is 38.0 Å². The molecule has 1 fully saturated rings. The minimum absolute atomic E-state index is 0.0697. The fraction of sp³-hybridized carbons (Fsp3) is 0.467. The lowest BCUT2D eigenvalue weighted by molar-refractivity contribution is -0.141. The van der Waals surface area contributed by atoms with E-state index < -0.39 is 34.7 Å². The summed E-state index contributed by atoms with van der Waals surface area (Å²) in [6.07, 6.45) is -0.397. The molecular weight excluding hydrogens is 416 g/mol. The summed E-state index contributed by atoms with van der Waals surface area (Å²) in [6.45, 7) is 0.0215. The number of ether oxygens (including phenoxy) is 1. The van der Waals surface area contributed by atoms with Crippen molar-refractivity contribution in [3.63, 3.8) is 0 Å². The van der Waals surface area contributed by atoms with Gasteiger partial charge in [-0.2, -0.15) is 4.31 Å². The number of benzene rings is 1. The van der Waals surface area contributed by atoms with Gasteiger partial charge in [-0.05, 0) is 37.1 Å². The third-order valence-corrected chi connectivity index (χ3v) is 6.52. The molecule has 0 unspecified atom stereocenters. The predicted molar refractivity (Wildman–Crippen MR) is 92.7 cm³/mol. The van der Waals surface area contributed by atoms with Gasteiger partial charge in [0.15, 0.2) is 0 Å². The molecular formula is C15H19BrN2O6S. The molecule has 0 saturated carbocycles. The average molecular weight is 435 g/mol. The van der Waals surface area contributed by atoms with Crippen LogP contribution in [0.2, 0.25) is 0 Å². The molecule has 1 heterocycles. The van der Waals surface area contributed by atoms with Gasteiger partial charge in [0.2, 0.25) is 10.0 Å². The molecule has 1 saturated heterocycles. The van der Waals surface area contributed by atoms with Crippen LogP contribution in [0.1, 0.15) is 12.8 Å². The van der Waals surface area contributed by atoms with Gasteiger partial charge in [-0.1, -0.05) is 15.9 Å². The molecule has 2 rings (SSSR count). The van der Waals surface area contributed by atoms with Crippen molar-refractivity contribution in [1.82, 2.24) is 9.21 Å². The lowest BCUT2D eigenvalue weighted by Crippen LogP contribution is -2.50. The van der Waals surface area contributed by atoms with E-state index in [0.717, 1.165) is 8.78 Å². The molecule has 0 bridgehead atoms. The maximum absolute atomic E-state index is 13.0. The van der Waals surface area contributed by atoms with Gasteiger partial charge in [0.1, 0.15) is 6.54 Å². The first-order chi connectivity index (χ1) is 11.8. The third kappa shape index (κ3) is 4.71. The molecule has 138 valence electrons. The molecule has 0 radical (unpaired) electrons. The highest BCUT2D eigenvalue weighted by molar-refractivity contribution is 9.10. The Hall–Kier alpha value is -1.65. The van der Waals surface area contributed by atoms with Crippen molar-refractivity contribution < 1.29 is 27.9 Å². The highest BCUT2D eigenvalue weighted by atomic mass is 79.9. The van der Waals surface area contributed by atoms with Gasteiger partial charge in [0.05, 0.1) is 12.0 Å². The summed E-state index contributed by atoms with van der Waals surface area (Å²) in [7, 11) is -2.72. The van der Waals surface area contributed by atoms with Crippen LogP contribution in [0.4, 0.5) is 4.79 Å². The molecule has 1 amide bonds. The van der Waals surface area contributed by atoms with Crippen LogP contribution < -0.4 is 0 Å². The number of nitrogens with zero attached hydrogens (tertiary/aromatic N) is 2. The fourth-order valence-corrected chi connectivity index (χ4v) is 4.58. The van der Waals surface area contributed by atoms with Gasteiger partial charge < -0.3 is 14.7 Å². The maximum atomic E-state index is 13.0. The Kier molecular flexibility index (Phi) is 6.42. The van der Waals surface area contributed by atoms with Gasteiger partial charge in [0, 0.05) is 23.6 Å². The largest absolute Gasteiger partial charge is 0.468 e. The number of hydrogen-bond acceptors (Lipinski definition) is 5. The molecule has 1 N–H and O–H groups in total. The van der Waals surface area contributed by atoms with Gasteiger partial charge in [-0.25, -0.2) is 13.2 Å². The first kappa shape index (κ1) is 19.7. The number of rotatable bonds is 5. The number of sulfonamides is 1. The first-order valence-electron chi connectivity index (χ1n) is 7.58. The zero-order valence-electron chi connectivity index (χ0n) is 13.6. The molecule has 8 nitrogen and oxygen atoms in total. The number of hydrogen-bond donors (Lipinski definition) is 1. The second kappa shape index (κ2) is 8.15. The summed E-state index contributed by atoms with van der Waals surface area (Å²) in [6, 6.07) is 5.65. The smallest absolute Gasteiger partial charge is 0.407 e. The van der Waals surface area contributed by atoms with Crippen LogP contribution in [0.3, 0.4) is 0 Å². The van der Waals surface area contributed by atoms with E-state index in [1.165, 1.54) is 24.1 Å². The van der Waals surface area contributed by atoms with E-state index >= 15 is 0 Å². The number of likely N-dealkylation sites (tertiary alicyclic amines) is 1. The number of carbonyl (C=O) groups is 2. The quantitative estimate of drug-likeness (QED) is 0.707. The van der Waals surface area contributed by atoms with Crippen molar-refractivity contribution in [3.8, 4) is 0 Å². The van der Waals surface area contributed by atoms with E-state index in [4.69, 9.17) is 5.11 Å². The lowest BCUT2D eigenvalue weighted by Gasteiger charge is -2.36. The van der Waals surface area contributed by atoms with Gasteiger partial charge in [-0.3, -0.25) is 4.79 Å². The van der Waals surface area contributed by atoms with E-state index in [1.807, 2.05) is 0 Å². The SMILES string of the molecule is COC(=O)CN(C1CCN(C(=O)O)CC1)S(=O)(=O)c1ccc(Br)cc1.